The molecule has 2 amide bonds. The van der Waals surface area contributed by atoms with Crippen LogP contribution in [0, 0.1) is 0 Å². The fourth-order valence-electron chi connectivity index (χ4n) is 4.34. The number of hydrogen-bond donors (Lipinski definition) is 1. The van der Waals surface area contributed by atoms with E-state index in [4.69, 9.17) is 0 Å². The van der Waals surface area contributed by atoms with Crippen molar-refractivity contribution in [3.8, 4) is 11.4 Å². The number of amides is 2. The molecule has 11 heteroatoms. The molecule has 2 aromatic rings. The standard InChI is InChI=1S/C24H26F2N6O.C2H4F2/c1-2-12-31-20(17-10-7-11-17)19-22(32(23(25)26)24(31)33)29-21(28-19)18-13-27-30(15-18)14-16-8-5-3-4-6-9-16;1-2(3)4/h3,5-6,8-9,13,15,23H,2,4,7,10-12,14H2,1H3,(H,28,29);2H,1H3. The number of alkyl halides is 4. The van der Waals surface area contributed by atoms with Gasteiger partial charge in [0.2, 0.25) is 6.43 Å². The summed E-state index contributed by atoms with van der Waals surface area (Å²) in [7, 11) is 0. The lowest BCUT2D eigenvalue weighted by molar-refractivity contribution is 0.135. The van der Waals surface area contributed by atoms with Crippen molar-refractivity contribution in [3.05, 3.63) is 59.6 Å². The Bertz CT molecular complexity index is 1230. The third-order valence-corrected chi connectivity index (χ3v) is 6.09. The smallest absolute Gasteiger partial charge is 0.334 e. The minimum absolute atomic E-state index is 0.0148. The molecule has 2 aromatic heterocycles. The van der Waals surface area contributed by atoms with Gasteiger partial charge in [0.05, 0.1) is 24.0 Å². The molecule has 3 heterocycles. The van der Waals surface area contributed by atoms with Gasteiger partial charge in [-0.1, -0.05) is 37.3 Å². The molecule has 37 heavy (non-hydrogen) atoms. The lowest BCUT2D eigenvalue weighted by Gasteiger charge is -2.38. The van der Waals surface area contributed by atoms with Gasteiger partial charge >= 0.3 is 12.6 Å². The Morgan fingerprint density at radius 1 is 1.16 bits per heavy atom. The number of imidazole rings is 1. The molecule has 0 spiro atoms. The first kappa shape index (κ1) is 26.4. The van der Waals surface area contributed by atoms with E-state index in [0.29, 0.717) is 47.2 Å². The van der Waals surface area contributed by atoms with E-state index in [2.05, 4.69) is 33.3 Å². The summed E-state index contributed by atoms with van der Waals surface area (Å²) < 4.78 is 50.4. The van der Waals surface area contributed by atoms with Crippen LogP contribution in [0.4, 0.5) is 28.2 Å². The molecule has 1 N–H and O–H groups in total. The van der Waals surface area contributed by atoms with Gasteiger partial charge in [0.25, 0.3) is 0 Å². The number of nitrogens with zero attached hydrogens (tertiary/aromatic N) is 5. The second-order valence-corrected chi connectivity index (χ2v) is 8.92. The summed E-state index contributed by atoms with van der Waals surface area (Å²) in [6.07, 6.45) is 16.0. The highest BCUT2D eigenvalue weighted by atomic mass is 19.3. The number of H-pyrrole nitrogens is 1. The zero-order chi connectivity index (χ0) is 26.5. The number of halogens is 4. The molecule has 0 atom stereocenters. The van der Waals surface area contributed by atoms with Crippen LogP contribution >= 0.6 is 0 Å². The summed E-state index contributed by atoms with van der Waals surface area (Å²) in [5, 5.41) is 4.43. The van der Waals surface area contributed by atoms with E-state index in [0.717, 1.165) is 43.8 Å². The minimum atomic E-state index is -2.98. The SMILES string of the molecule is CC(F)F.CCCN1C(=O)N(C(F)F)c2nc(-c3cnn(CC4=CC=CCC=C4)c3)[nH]c2C1=C1CCC1. The van der Waals surface area contributed by atoms with E-state index in [-0.39, 0.29) is 5.82 Å². The van der Waals surface area contributed by atoms with Gasteiger partial charge in [-0.3, -0.25) is 9.58 Å². The Morgan fingerprint density at radius 2 is 1.92 bits per heavy atom. The summed E-state index contributed by atoms with van der Waals surface area (Å²) in [5.41, 5.74) is 4.10. The monoisotopic (exact) mass is 518 g/mol. The minimum Gasteiger partial charge on any atom is -0.335 e. The number of aromatic nitrogens is 4. The van der Waals surface area contributed by atoms with Crippen molar-refractivity contribution in [1.29, 1.82) is 0 Å². The van der Waals surface area contributed by atoms with E-state index in [1.807, 2.05) is 25.3 Å². The topological polar surface area (TPSA) is 70.1 Å². The zero-order valence-electron chi connectivity index (χ0n) is 20.8. The molecule has 2 aliphatic carbocycles. The summed E-state index contributed by atoms with van der Waals surface area (Å²) >= 11 is 0. The highest BCUT2D eigenvalue weighted by molar-refractivity contribution is 6.04. The molecular weight excluding hydrogens is 488 g/mol. The number of carbonyl (C=O) groups is 1. The fourth-order valence-corrected chi connectivity index (χ4v) is 4.34. The first-order valence-electron chi connectivity index (χ1n) is 12.3. The molecule has 5 rings (SSSR count). The zero-order valence-corrected chi connectivity index (χ0v) is 20.8. The molecular formula is C26H30F4N6O. The first-order valence-corrected chi connectivity index (χ1v) is 12.3. The Labute approximate surface area is 212 Å². The maximum Gasteiger partial charge on any atom is 0.334 e. The Morgan fingerprint density at radius 3 is 2.57 bits per heavy atom. The number of allylic oxidation sites excluding steroid dienone is 7. The van der Waals surface area contributed by atoms with Crippen molar-refractivity contribution in [3.63, 3.8) is 0 Å². The van der Waals surface area contributed by atoms with Gasteiger partial charge in [0, 0.05) is 12.7 Å². The maximum atomic E-state index is 14.0. The number of fused-ring (bicyclic) bond motifs is 1. The van der Waals surface area contributed by atoms with Crippen LogP contribution in [0.25, 0.3) is 17.1 Å². The number of aromatic amines is 1. The predicted octanol–water partition coefficient (Wildman–Crippen LogP) is 6.76. The highest BCUT2D eigenvalue weighted by Crippen LogP contribution is 2.43. The molecule has 1 aliphatic heterocycles. The molecule has 1 fully saturated rings. The first-order chi connectivity index (χ1) is 17.8. The maximum absolute atomic E-state index is 14.0. The van der Waals surface area contributed by atoms with Crippen LogP contribution in [-0.4, -0.2) is 50.2 Å². The van der Waals surface area contributed by atoms with Crippen LogP contribution in [-0.2, 0) is 6.54 Å². The Balaban J connectivity index is 0.000000747. The third kappa shape index (κ3) is 5.86. The molecule has 198 valence electrons. The van der Waals surface area contributed by atoms with Crippen LogP contribution in [0.15, 0.2) is 53.9 Å². The molecule has 0 bridgehead atoms. The number of anilines is 1. The molecule has 1 saturated carbocycles. The molecule has 0 unspecified atom stereocenters. The van der Waals surface area contributed by atoms with Gasteiger partial charge in [-0.25, -0.2) is 23.5 Å². The second-order valence-electron chi connectivity index (χ2n) is 8.92. The second kappa shape index (κ2) is 11.6. The van der Waals surface area contributed by atoms with Gasteiger partial charge in [-0.2, -0.15) is 13.9 Å². The summed E-state index contributed by atoms with van der Waals surface area (Å²) in [6, 6.07) is -0.720. The lowest BCUT2D eigenvalue weighted by atomic mass is 9.88. The van der Waals surface area contributed by atoms with E-state index < -0.39 is 19.0 Å². The normalized spacial score (nSPS) is 17.1. The third-order valence-electron chi connectivity index (χ3n) is 6.09. The number of nitrogens with one attached hydrogen (secondary N) is 1. The number of rotatable bonds is 6. The summed E-state index contributed by atoms with van der Waals surface area (Å²) in [4.78, 5) is 22.7. The molecule has 3 aliphatic rings. The summed E-state index contributed by atoms with van der Waals surface area (Å²) in [5.74, 6) is 0.407. The Hall–Kier alpha value is -3.63. The predicted molar refractivity (Wildman–Crippen MR) is 134 cm³/mol. The largest absolute Gasteiger partial charge is 0.335 e. The average Bonchev–Trinajstić information content (AvgIpc) is 3.35. The van der Waals surface area contributed by atoms with Crippen LogP contribution < -0.4 is 4.90 Å². The average molecular weight is 519 g/mol. The van der Waals surface area contributed by atoms with Crippen LogP contribution in [0.1, 0.15) is 51.6 Å². The molecule has 7 nitrogen and oxygen atoms in total. The molecule has 0 radical (unpaired) electrons. The van der Waals surface area contributed by atoms with Crippen molar-refractivity contribution < 1.29 is 22.4 Å². The van der Waals surface area contributed by atoms with Crippen molar-refractivity contribution in [2.24, 2.45) is 0 Å². The van der Waals surface area contributed by atoms with Crippen molar-refractivity contribution >= 4 is 17.5 Å². The van der Waals surface area contributed by atoms with Crippen molar-refractivity contribution in [2.45, 2.75) is 65.5 Å². The Kier molecular flexibility index (Phi) is 8.30. The van der Waals surface area contributed by atoms with Crippen LogP contribution in [0.3, 0.4) is 0 Å². The van der Waals surface area contributed by atoms with Gasteiger partial charge in [0.1, 0.15) is 11.5 Å². The quantitative estimate of drug-likeness (QED) is 0.339. The van der Waals surface area contributed by atoms with E-state index in [1.54, 1.807) is 10.9 Å². The van der Waals surface area contributed by atoms with Crippen LogP contribution in [0.2, 0.25) is 0 Å². The highest BCUT2D eigenvalue weighted by Gasteiger charge is 2.42. The number of carbonyl (C=O) groups excluding carboxylic acids is 1. The molecule has 0 aromatic carbocycles. The van der Waals surface area contributed by atoms with Gasteiger partial charge in [-0.05, 0) is 50.2 Å². The fraction of sp³-hybridized carbons (Fsp3) is 0.423. The van der Waals surface area contributed by atoms with Gasteiger partial charge in [0.15, 0.2) is 5.82 Å². The summed E-state index contributed by atoms with van der Waals surface area (Å²) in [6.45, 7) is 0.746. The lowest BCUT2D eigenvalue weighted by Crippen LogP contribution is -2.49. The van der Waals surface area contributed by atoms with E-state index >= 15 is 0 Å². The van der Waals surface area contributed by atoms with Crippen molar-refractivity contribution in [2.75, 3.05) is 11.4 Å². The van der Waals surface area contributed by atoms with E-state index in [9.17, 15) is 22.4 Å². The number of urea groups is 1. The molecule has 0 saturated heterocycles. The number of hydrogen-bond acceptors (Lipinski definition) is 3. The van der Waals surface area contributed by atoms with Gasteiger partial charge < -0.3 is 4.98 Å². The van der Waals surface area contributed by atoms with Gasteiger partial charge in [-0.15, -0.1) is 0 Å². The van der Waals surface area contributed by atoms with Crippen LogP contribution in [0.5, 0.6) is 0 Å². The van der Waals surface area contributed by atoms with Crippen molar-refractivity contribution in [1.82, 2.24) is 24.6 Å². The van der Waals surface area contributed by atoms with E-state index in [1.165, 1.54) is 4.90 Å².